The molecule has 3 aromatic rings. The quantitative estimate of drug-likeness (QED) is 0.671. The Morgan fingerprint density at radius 2 is 2.24 bits per heavy atom. The van der Waals surface area contributed by atoms with Crippen LogP contribution in [0.5, 0.6) is 5.88 Å². The van der Waals surface area contributed by atoms with Crippen molar-refractivity contribution in [1.82, 2.24) is 39.8 Å². The number of aryl methyl sites for hydroxylation is 2. The maximum absolute atomic E-state index is 14.1. The summed E-state index contributed by atoms with van der Waals surface area (Å²) in [5, 5.41) is 15.6. The number of aromatic nitrogens is 8. The van der Waals surface area contributed by atoms with Gasteiger partial charge in [0.05, 0.1) is 5.56 Å². The van der Waals surface area contributed by atoms with Gasteiger partial charge >= 0.3 is 5.69 Å². The molecular weight excluding hydrogens is 283 g/mol. The van der Waals surface area contributed by atoms with Crippen molar-refractivity contribution in [3.8, 4) is 11.7 Å². The zero-order chi connectivity index (χ0) is 15.9. The third-order valence-corrected chi connectivity index (χ3v) is 2.77. The standard InChI is InChI=1S/C10H11FN8O2/c1-17-8(11)6(5-21-7-3-4-12-13-7)9(14-17)19-10(20)18(2)15-16-19/h3-4H,5H2,1-2H3,(H,12,13)/i/hT. The predicted molar refractivity (Wildman–Crippen MR) is 66.2 cm³/mol. The average molecular weight is 296 g/mol. The zero-order valence-corrected chi connectivity index (χ0v) is 11.1. The Bertz CT molecular complexity index is 878. The average Bonchev–Trinajstić information content (AvgIpc) is 3.11. The molecule has 110 valence electrons. The van der Waals surface area contributed by atoms with Gasteiger partial charge in [-0.3, -0.25) is 5.09 Å². The molecule has 0 atom stereocenters. The van der Waals surface area contributed by atoms with Gasteiger partial charge in [0.15, 0.2) is 7.23 Å². The third-order valence-electron chi connectivity index (χ3n) is 2.77. The second-order valence-electron chi connectivity index (χ2n) is 4.17. The first-order valence-electron chi connectivity index (χ1n) is 6.30. The van der Waals surface area contributed by atoms with Crippen molar-refractivity contribution in [2.45, 2.75) is 6.61 Å². The fourth-order valence-electron chi connectivity index (χ4n) is 1.72. The monoisotopic (exact) mass is 296 g/mol. The van der Waals surface area contributed by atoms with Crippen LogP contribution in [0, 0.1) is 5.95 Å². The summed E-state index contributed by atoms with van der Waals surface area (Å²) in [6.07, 6.45) is 1.36. The van der Waals surface area contributed by atoms with Gasteiger partial charge in [-0.25, -0.2) is 9.48 Å². The number of nitrogens with one attached hydrogen (secondary N) is 1. The lowest BCUT2D eigenvalue weighted by molar-refractivity contribution is 0.285. The molecule has 21 heavy (non-hydrogen) atoms. The van der Waals surface area contributed by atoms with Gasteiger partial charge in [0.1, 0.15) is 6.61 Å². The first kappa shape index (κ1) is 11.8. The molecule has 11 heteroatoms. The van der Waals surface area contributed by atoms with Crippen molar-refractivity contribution in [2.75, 3.05) is 0 Å². The maximum Gasteiger partial charge on any atom is 0.369 e. The highest BCUT2D eigenvalue weighted by Gasteiger charge is 2.21. The van der Waals surface area contributed by atoms with Crippen LogP contribution in [0.25, 0.3) is 5.82 Å². The molecule has 3 heterocycles. The molecule has 0 bridgehead atoms. The van der Waals surface area contributed by atoms with Crippen molar-refractivity contribution in [3.05, 3.63) is 34.3 Å². The van der Waals surface area contributed by atoms with E-state index in [1.807, 2.05) is 0 Å². The number of hydrogen-bond acceptors (Lipinski definition) is 6. The highest BCUT2D eigenvalue weighted by Crippen LogP contribution is 2.17. The van der Waals surface area contributed by atoms with Gasteiger partial charge in [-0.2, -0.15) is 9.07 Å². The first-order chi connectivity index (χ1) is 10.5. The van der Waals surface area contributed by atoms with E-state index >= 15 is 0 Å². The number of halogens is 1. The number of aromatic amines is 1. The van der Waals surface area contributed by atoms with Crippen LogP contribution < -0.4 is 10.4 Å². The normalized spacial score (nSPS) is 11.7. The van der Waals surface area contributed by atoms with Crippen molar-refractivity contribution in [2.24, 2.45) is 14.1 Å². The molecule has 0 radical (unpaired) electrons. The number of rotatable bonds is 4. The van der Waals surface area contributed by atoms with Crippen LogP contribution in [0.15, 0.2) is 17.1 Å². The van der Waals surface area contributed by atoms with E-state index in [0.717, 1.165) is 19.1 Å². The van der Waals surface area contributed by atoms with E-state index in [0.29, 0.717) is 0 Å². The van der Waals surface area contributed by atoms with Gasteiger partial charge in [0.25, 0.3) is 0 Å². The topological polar surface area (TPSA) is 108 Å². The van der Waals surface area contributed by atoms with Crippen molar-refractivity contribution >= 4 is 0 Å². The largest absolute Gasteiger partial charge is 0.471 e. The van der Waals surface area contributed by atoms with Crippen LogP contribution in [0.1, 0.15) is 5.56 Å². The Balaban J connectivity index is 1.96. The lowest BCUT2D eigenvalue weighted by Gasteiger charge is -2.02. The van der Waals surface area contributed by atoms with Crippen LogP contribution >= 0.6 is 0 Å². The molecule has 0 aliphatic rings. The smallest absolute Gasteiger partial charge is 0.369 e. The van der Waals surface area contributed by atoms with Gasteiger partial charge in [-0.05, 0) is 10.4 Å². The molecule has 0 aliphatic heterocycles. The summed E-state index contributed by atoms with van der Waals surface area (Å²) in [4.78, 5) is 11.9. The Morgan fingerprint density at radius 3 is 2.86 bits per heavy atom. The fraction of sp³-hybridized carbons (Fsp3) is 0.300. The van der Waals surface area contributed by atoms with Crippen LogP contribution in [-0.2, 0) is 20.7 Å². The van der Waals surface area contributed by atoms with E-state index in [9.17, 15) is 9.18 Å². The van der Waals surface area contributed by atoms with Gasteiger partial charge in [0, 0.05) is 26.4 Å². The molecule has 10 nitrogen and oxygen atoms in total. The minimum atomic E-state index is -0.669. The predicted octanol–water partition coefficient (Wildman–Crippen LogP) is -0.859. The molecule has 0 spiro atoms. The van der Waals surface area contributed by atoms with Gasteiger partial charge < -0.3 is 4.74 Å². The molecule has 1 N–H and O–H groups in total. The van der Waals surface area contributed by atoms with E-state index in [1.165, 1.54) is 26.4 Å². The Morgan fingerprint density at radius 1 is 1.43 bits per heavy atom. The summed E-state index contributed by atoms with van der Waals surface area (Å²) in [5.74, 6) is -0.531. The Hall–Kier alpha value is -2.98. The molecule has 0 unspecified atom stereocenters. The van der Waals surface area contributed by atoms with Crippen LogP contribution in [0.3, 0.4) is 0 Å². The Kier molecular flexibility index (Phi) is 2.73. The molecule has 3 rings (SSSR count). The second-order valence-corrected chi connectivity index (χ2v) is 4.17. The van der Waals surface area contributed by atoms with E-state index in [2.05, 4.69) is 20.6 Å². The third kappa shape index (κ3) is 2.17. The van der Waals surface area contributed by atoms with E-state index in [1.54, 1.807) is 0 Å². The fourth-order valence-corrected chi connectivity index (χ4v) is 1.72. The highest BCUT2D eigenvalue weighted by atomic mass is 19.1. The number of nitrogens with zero attached hydrogens (tertiary/aromatic N) is 7. The summed E-state index contributed by atoms with van der Waals surface area (Å²) in [6, 6.07) is 1.45. The lowest BCUT2D eigenvalue weighted by atomic mass is 10.3. The molecule has 3 aromatic heterocycles. The molecule has 0 aromatic carbocycles. The maximum atomic E-state index is 14.1. The molecule has 0 amide bonds. The van der Waals surface area contributed by atoms with Crippen LogP contribution in [0.2, 0.25) is 1.41 Å². The summed E-state index contributed by atoms with van der Waals surface area (Å²) in [6.45, 7) is -0.227. The number of ether oxygens (including phenoxy) is 1. The molecular formula is C10H11FN8O2. The van der Waals surface area contributed by atoms with E-state index < -0.39 is 11.6 Å². The van der Waals surface area contributed by atoms with Crippen molar-refractivity contribution < 1.29 is 10.5 Å². The van der Waals surface area contributed by atoms with Crippen LogP contribution in [0.4, 0.5) is 4.39 Å². The van der Waals surface area contributed by atoms with Gasteiger partial charge in [0.2, 0.25) is 11.8 Å². The van der Waals surface area contributed by atoms with Gasteiger partial charge in [-0.1, -0.05) is 0 Å². The minimum absolute atomic E-state index is 0.0107. The lowest BCUT2D eigenvalue weighted by Crippen LogP contribution is -2.23. The molecule has 0 fully saturated rings. The number of hydrogen-bond donors (Lipinski definition) is 1. The number of H-pyrrole nitrogens is 1. The highest BCUT2D eigenvalue weighted by molar-refractivity contribution is 5.31. The van der Waals surface area contributed by atoms with Crippen molar-refractivity contribution in [1.29, 1.82) is 0 Å². The summed E-state index contributed by atoms with van der Waals surface area (Å²) < 4.78 is 29.5. The molecule has 0 aliphatic carbocycles. The SMILES string of the molecule is [3H]n1ccc(OCc2c(-n3nnn(C)c3=O)nn(C)c2F)n1. The zero-order valence-electron chi connectivity index (χ0n) is 12.1. The summed E-state index contributed by atoms with van der Waals surface area (Å²) in [7, 11) is 2.81. The van der Waals surface area contributed by atoms with Crippen molar-refractivity contribution in [3.63, 3.8) is 0 Å². The minimum Gasteiger partial charge on any atom is -0.471 e. The summed E-state index contributed by atoms with van der Waals surface area (Å²) in [5.41, 5.74) is -0.528. The molecule has 0 saturated heterocycles. The van der Waals surface area contributed by atoms with E-state index in [4.69, 9.17) is 6.15 Å². The van der Waals surface area contributed by atoms with Crippen LogP contribution in [-0.4, -0.2) is 39.8 Å². The molecule has 0 saturated carbocycles. The first-order valence-corrected chi connectivity index (χ1v) is 5.86. The van der Waals surface area contributed by atoms with Gasteiger partial charge in [-0.15, -0.1) is 14.9 Å². The Labute approximate surface area is 118 Å². The summed E-state index contributed by atoms with van der Waals surface area (Å²) >= 11 is 0. The number of tetrazole rings is 1. The van der Waals surface area contributed by atoms with E-state index in [-0.39, 0.29) is 23.9 Å². The second kappa shape index (κ2) is 4.85.